The number of aryl methyl sites for hydroxylation is 1. The van der Waals surface area contributed by atoms with Gasteiger partial charge in [0.2, 0.25) is 0 Å². The van der Waals surface area contributed by atoms with Crippen molar-refractivity contribution in [2.75, 3.05) is 0 Å². The van der Waals surface area contributed by atoms with E-state index in [1.165, 1.54) is 22.3 Å². The molecule has 3 aromatic rings. The predicted molar refractivity (Wildman–Crippen MR) is 106 cm³/mol. The Morgan fingerprint density at radius 3 is 2.25 bits per heavy atom. The van der Waals surface area contributed by atoms with Crippen LogP contribution in [-0.2, 0) is 5.41 Å². The van der Waals surface area contributed by atoms with Gasteiger partial charge in [0.25, 0.3) is 0 Å². The van der Waals surface area contributed by atoms with E-state index in [4.69, 9.17) is 0 Å². The first-order valence-corrected chi connectivity index (χ1v) is 8.97. The van der Waals surface area contributed by atoms with Crippen LogP contribution in [0.3, 0.4) is 0 Å². The quantitative estimate of drug-likeness (QED) is 0.477. The number of pyridine rings is 1. The smallest absolute Gasteiger partial charge is 0.0708 e. The summed E-state index contributed by atoms with van der Waals surface area (Å²) in [5.74, 6) is 0. The minimum absolute atomic E-state index is 0.103. The third-order valence-electron chi connectivity index (χ3n) is 4.25. The molecule has 0 N–H and O–H groups in total. The zero-order valence-electron chi connectivity index (χ0n) is 14.6. The maximum Gasteiger partial charge on any atom is 0.0708 e. The molecule has 0 radical (unpaired) electrons. The van der Waals surface area contributed by atoms with Crippen molar-refractivity contribution in [3.63, 3.8) is 0 Å². The van der Waals surface area contributed by atoms with Crippen molar-refractivity contribution in [1.82, 2.24) is 4.98 Å². The molecule has 1 aromatic heterocycles. The Balaban J connectivity index is 2.13. The van der Waals surface area contributed by atoms with Crippen LogP contribution in [0.1, 0.15) is 31.9 Å². The van der Waals surface area contributed by atoms with Crippen LogP contribution in [0.5, 0.6) is 0 Å². The van der Waals surface area contributed by atoms with Crippen molar-refractivity contribution in [3.05, 3.63) is 76.4 Å². The van der Waals surface area contributed by atoms with Crippen LogP contribution < -0.4 is 0 Å². The number of rotatable bonds is 2. The second-order valence-electron chi connectivity index (χ2n) is 7.23. The van der Waals surface area contributed by atoms with E-state index in [1.54, 1.807) is 0 Å². The van der Waals surface area contributed by atoms with Crippen LogP contribution in [0.2, 0.25) is 0 Å². The third kappa shape index (κ3) is 3.59. The first kappa shape index (κ1) is 16.9. The molecule has 0 spiro atoms. The number of hydrogen-bond acceptors (Lipinski definition) is 1. The lowest BCUT2D eigenvalue weighted by Crippen LogP contribution is -2.11. The van der Waals surface area contributed by atoms with Gasteiger partial charge in [-0.3, -0.25) is 4.98 Å². The summed E-state index contributed by atoms with van der Waals surface area (Å²) in [6.07, 6.45) is 1.97. The fourth-order valence-electron chi connectivity index (χ4n) is 2.78. The average molecular weight is 380 g/mol. The minimum atomic E-state index is 0.103. The zero-order valence-corrected chi connectivity index (χ0v) is 16.2. The summed E-state index contributed by atoms with van der Waals surface area (Å²) in [6, 6.07) is 19.3. The monoisotopic (exact) mass is 379 g/mol. The molecule has 0 atom stereocenters. The number of benzene rings is 2. The number of hydrogen-bond donors (Lipinski definition) is 0. The molecule has 2 heteroatoms. The molecule has 0 unspecified atom stereocenters. The topological polar surface area (TPSA) is 12.9 Å². The fraction of sp³-hybridized carbons (Fsp3) is 0.227. The number of halogens is 1. The van der Waals surface area contributed by atoms with Crippen LogP contribution >= 0.6 is 15.9 Å². The lowest BCUT2D eigenvalue weighted by molar-refractivity contribution is 0.590. The average Bonchev–Trinajstić information content (AvgIpc) is 2.55. The van der Waals surface area contributed by atoms with Crippen LogP contribution in [0.25, 0.3) is 22.4 Å². The van der Waals surface area contributed by atoms with Crippen molar-refractivity contribution in [1.29, 1.82) is 0 Å². The molecule has 0 aliphatic rings. The van der Waals surface area contributed by atoms with Gasteiger partial charge >= 0.3 is 0 Å². The van der Waals surface area contributed by atoms with Gasteiger partial charge in [-0.1, -0.05) is 67.0 Å². The summed E-state index contributed by atoms with van der Waals surface area (Å²) in [7, 11) is 0. The lowest BCUT2D eigenvalue weighted by atomic mass is 9.86. The maximum atomic E-state index is 4.68. The molecule has 0 bridgehead atoms. The van der Waals surface area contributed by atoms with E-state index in [0.29, 0.717) is 0 Å². The molecule has 2 aromatic carbocycles. The van der Waals surface area contributed by atoms with Crippen LogP contribution in [0.15, 0.2) is 65.3 Å². The van der Waals surface area contributed by atoms with Gasteiger partial charge in [-0.15, -0.1) is 0 Å². The van der Waals surface area contributed by atoms with Gasteiger partial charge in [0.1, 0.15) is 0 Å². The Morgan fingerprint density at radius 2 is 1.58 bits per heavy atom. The first-order chi connectivity index (χ1) is 11.3. The molecule has 1 heterocycles. The summed E-state index contributed by atoms with van der Waals surface area (Å²) in [4.78, 5) is 4.68. The third-order valence-corrected chi connectivity index (χ3v) is 4.71. The first-order valence-electron chi connectivity index (χ1n) is 8.18. The molecule has 0 aliphatic heterocycles. The van der Waals surface area contributed by atoms with E-state index in [0.717, 1.165) is 15.7 Å². The Kier molecular flexibility index (Phi) is 4.60. The Morgan fingerprint density at radius 1 is 0.875 bits per heavy atom. The predicted octanol–water partition coefficient (Wildman–Crippen LogP) is 6.78. The zero-order chi connectivity index (χ0) is 17.3. The lowest BCUT2D eigenvalue weighted by Gasteiger charge is -2.20. The summed E-state index contributed by atoms with van der Waals surface area (Å²) >= 11 is 3.65. The summed E-state index contributed by atoms with van der Waals surface area (Å²) in [5, 5.41) is 0. The minimum Gasteiger partial charge on any atom is -0.256 e. The van der Waals surface area contributed by atoms with Gasteiger partial charge < -0.3 is 0 Å². The van der Waals surface area contributed by atoms with Crippen molar-refractivity contribution < 1.29 is 0 Å². The molecule has 122 valence electrons. The molecule has 0 saturated heterocycles. The van der Waals surface area contributed by atoms with E-state index < -0.39 is 0 Å². The molecule has 0 aliphatic carbocycles. The highest BCUT2D eigenvalue weighted by atomic mass is 79.9. The van der Waals surface area contributed by atoms with Gasteiger partial charge in [0, 0.05) is 16.2 Å². The molecule has 3 rings (SSSR count). The number of nitrogens with zero attached hydrogens (tertiary/aromatic N) is 1. The van der Waals surface area contributed by atoms with E-state index in [-0.39, 0.29) is 5.41 Å². The SMILES string of the molecule is Cc1cnc(-c2cc(Br)cc(C(C)(C)C)c2)cc1-c1ccccc1. The van der Waals surface area contributed by atoms with Gasteiger partial charge in [0.15, 0.2) is 0 Å². The summed E-state index contributed by atoms with van der Waals surface area (Å²) < 4.78 is 1.09. The largest absolute Gasteiger partial charge is 0.256 e. The highest BCUT2D eigenvalue weighted by Gasteiger charge is 2.16. The molecule has 1 nitrogen and oxygen atoms in total. The van der Waals surface area contributed by atoms with Crippen LogP contribution in [-0.4, -0.2) is 4.98 Å². The van der Waals surface area contributed by atoms with Crippen LogP contribution in [0.4, 0.5) is 0 Å². The Bertz CT molecular complexity index is 861. The van der Waals surface area contributed by atoms with E-state index in [2.05, 4.69) is 97.1 Å². The summed E-state index contributed by atoms with van der Waals surface area (Å²) in [5.41, 5.74) is 7.21. The maximum absolute atomic E-state index is 4.68. The van der Waals surface area contributed by atoms with E-state index >= 15 is 0 Å². The Hall–Kier alpha value is -1.93. The van der Waals surface area contributed by atoms with E-state index in [1.807, 2.05) is 12.3 Å². The molecule has 0 amide bonds. The van der Waals surface area contributed by atoms with Crippen molar-refractivity contribution in [2.24, 2.45) is 0 Å². The molecular formula is C22H22BrN. The second kappa shape index (κ2) is 6.52. The van der Waals surface area contributed by atoms with Crippen molar-refractivity contribution in [2.45, 2.75) is 33.1 Å². The fourth-order valence-corrected chi connectivity index (χ4v) is 3.27. The van der Waals surface area contributed by atoms with Gasteiger partial charge in [0.05, 0.1) is 5.69 Å². The molecular weight excluding hydrogens is 358 g/mol. The van der Waals surface area contributed by atoms with Crippen molar-refractivity contribution >= 4 is 15.9 Å². The number of aromatic nitrogens is 1. The van der Waals surface area contributed by atoms with Gasteiger partial charge in [-0.2, -0.15) is 0 Å². The second-order valence-corrected chi connectivity index (χ2v) is 8.14. The molecule has 0 saturated carbocycles. The highest BCUT2D eigenvalue weighted by molar-refractivity contribution is 9.10. The highest BCUT2D eigenvalue weighted by Crippen LogP contribution is 2.33. The molecule has 24 heavy (non-hydrogen) atoms. The standard InChI is InChI=1S/C22H22BrN/c1-15-14-24-21(13-20(15)16-8-6-5-7-9-16)17-10-18(22(2,3)4)12-19(23)11-17/h5-14H,1-4H3. The van der Waals surface area contributed by atoms with Gasteiger partial charge in [-0.25, -0.2) is 0 Å². The normalized spacial score (nSPS) is 11.5. The van der Waals surface area contributed by atoms with Crippen LogP contribution in [0, 0.1) is 6.92 Å². The van der Waals surface area contributed by atoms with Crippen molar-refractivity contribution in [3.8, 4) is 22.4 Å². The van der Waals surface area contributed by atoms with E-state index in [9.17, 15) is 0 Å². The summed E-state index contributed by atoms with van der Waals surface area (Å²) in [6.45, 7) is 8.81. The van der Waals surface area contributed by atoms with Gasteiger partial charge in [-0.05, 0) is 58.9 Å². The molecule has 0 fully saturated rings. The Labute approximate surface area is 152 Å².